The van der Waals surface area contributed by atoms with Gasteiger partial charge in [0.2, 0.25) is 0 Å². The molecule has 4 rings (SSSR count). The maximum absolute atomic E-state index is 9.44. The summed E-state index contributed by atoms with van der Waals surface area (Å²) < 4.78 is 13.4. The van der Waals surface area contributed by atoms with Crippen LogP contribution < -0.4 is 14.8 Å². The molecule has 2 aliphatic rings. The highest BCUT2D eigenvalue weighted by atomic mass is 16.5. The first kappa shape index (κ1) is 16.4. The zero-order valence-corrected chi connectivity index (χ0v) is 14.6. The van der Waals surface area contributed by atoms with Gasteiger partial charge in [0.05, 0.1) is 18.9 Å². The summed E-state index contributed by atoms with van der Waals surface area (Å²) in [6.45, 7) is 3.22. The Labute approximate surface area is 147 Å². The summed E-state index contributed by atoms with van der Waals surface area (Å²) in [7, 11) is 1.94. The number of aromatic nitrogens is 2. The monoisotopic (exact) mass is 343 g/mol. The summed E-state index contributed by atoms with van der Waals surface area (Å²) in [5.74, 6) is 1.59. The van der Waals surface area contributed by atoms with Crippen molar-refractivity contribution in [3.63, 3.8) is 0 Å². The molecule has 0 unspecified atom stereocenters. The zero-order chi connectivity index (χ0) is 17.3. The molecule has 1 fully saturated rings. The van der Waals surface area contributed by atoms with Crippen LogP contribution in [0.5, 0.6) is 11.5 Å². The fraction of sp³-hybridized carbons (Fsp3) is 0.526. The largest absolute Gasteiger partial charge is 0.490 e. The van der Waals surface area contributed by atoms with Crippen LogP contribution in [-0.2, 0) is 13.6 Å². The Morgan fingerprint density at radius 3 is 2.80 bits per heavy atom. The number of benzene rings is 1. The summed E-state index contributed by atoms with van der Waals surface area (Å²) in [6.07, 6.45) is 5.16. The van der Waals surface area contributed by atoms with E-state index in [2.05, 4.69) is 10.4 Å². The first-order valence-corrected chi connectivity index (χ1v) is 8.93. The SMILES string of the molecule is Cn1cc(CNCC2(CO)CC2)c(-c2ccc3c(c2)OCCCO3)n1. The molecule has 1 aliphatic heterocycles. The Kier molecular flexibility index (Phi) is 4.39. The maximum Gasteiger partial charge on any atom is 0.161 e. The van der Waals surface area contributed by atoms with Gasteiger partial charge < -0.3 is 19.9 Å². The minimum Gasteiger partial charge on any atom is -0.490 e. The molecule has 0 bridgehead atoms. The molecule has 1 aromatic carbocycles. The number of hydrogen-bond acceptors (Lipinski definition) is 5. The van der Waals surface area contributed by atoms with Gasteiger partial charge >= 0.3 is 0 Å². The van der Waals surface area contributed by atoms with E-state index in [0.29, 0.717) is 13.2 Å². The van der Waals surface area contributed by atoms with Gasteiger partial charge in [-0.15, -0.1) is 0 Å². The van der Waals surface area contributed by atoms with Crippen molar-refractivity contribution in [1.82, 2.24) is 15.1 Å². The third-order valence-electron chi connectivity index (χ3n) is 5.03. The molecule has 1 aliphatic carbocycles. The number of aryl methyl sites for hydroxylation is 1. The molecule has 2 heterocycles. The smallest absolute Gasteiger partial charge is 0.161 e. The van der Waals surface area contributed by atoms with Crippen molar-refractivity contribution in [1.29, 1.82) is 0 Å². The summed E-state index contributed by atoms with van der Waals surface area (Å²) in [5, 5.41) is 17.6. The van der Waals surface area contributed by atoms with E-state index in [1.165, 1.54) is 0 Å². The van der Waals surface area contributed by atoms with Crippen molar-refractivity contribution >= 4 is 0 Å². The van der Waals surface area contributed by atoms with Gasteiger partial charge in [0.15, 0.2) is 11.5 Å². The lowest BCUT2D eigenvalue weighted by atomic mass is 10.1. The molecule has 0 spiro atoms. The second kappa shape index (κ2) is 6.69. The molecule has 0 saturated heterocycles. The minimum atomic E-state index is 0.109. The average molecular weight is 343 g/mol. The number of ether oxygens (including phenoxy) is 2. The van der Waals surface area contributed by atoms with E-state index in [1.807, 2.05) is 36.1 Å². The van der Waals surface area contributed by atoms with Gasteiger partial charge in [0.25, 0.3) is 0 Å². The Bertz CT molecular complexity index is 752. The number of aliphatic hydroxyl groups excluding tert-OH is 1. The normalized spacial score (nSPS) is 18.0. The lowest BCUT2D eigenvalue weighted by molar-refractivity contribution is 0.207. The van der Waals surface area contributed by atoms with E-state index in [0.717, 1.165) is 60.7 Å². The van der Waals surface area contributed by atoms with Crippen LogP contribution >= 0.6 is 0 Å². The van der Waals surface area contributed by atoms with Crippen molar-refractivity contribution in [3.8, 4) is 22.8 Å². The maximum atomic E-state index is 9.44. The van der Waals surface area contributed by atoms with Crippen LogP contribution in [0, 0.1) is 5.41 Å². The standard InChI is InChI=1S/C19H25N3O3/c1-22-11-15(10-20-12-19(13-23)5-6-19)18(21-22)14-3-4-16-17(9-14)25-8-2-7-24-16/h3-4,9,11,20,23H,2,5-8,10,12-13H2,1H3. The van der Waals surface area contributed by atoms with Crippen LogP contribution in [0.15, 0.2) is 24.4 Å². The number of nitrogens with one attached hydrogen (secondary N) is 1. The molecule has 25 heavy (non-hydrogen) atoms. The molecule has 6 heteroatoms. The number of fused-ring (bicyclic) bond motifs is 1. The van der Waals surface area contributed by atoms with Crippen molar-refractivity contribution in [2.24, 2.45) is 12.5 Å². The lowest BCUT2D eigenvalue weighted by Crippen LogP contribution is -2.26. The second-order valence-electron chi connectivity index (χ2n) is 7.15. The van der Waals surface area contributed by atoms with Gasteiger partial charge in [-0.1, -0.05) is 0 Å². The molecule has 2 N–H and O–H groups in total. The molecule has 1 saturated carbocycles. The van der Waals surface area contributed by atoms with Gasteiger partial charge in [0, 0.05) is 55.9 Å². The Hall–Kier alpha value is -2.05. The van der Waals surface area contributed by atoms with E-state index >= 15 is 0 Å². The molecule has 2 aromatic rings. The van der Waals surface area contributed by atoms with Crippen LogP contribution in [-0.4, -0.2) is 41.3 Å². The van der Waals surface area contributed by atoms with Gasteiger partial charge in [-0.3, -0.25) is 4.68 Å². The highest BCUT2D eigenvalue weighted by Crippen LogP contribution is 2.44. The Morgan fingerprint density at radius 1 is 1.24 bits per heavy atom. The Morgan fingerprint density at radius 2 is 2.04 bits per heavy atom. The molecule has 1 aromatic heterocycles. The van der Waals surface area contributed by atoms with E-state index < -0.39 is 0 Å². The van der Waals surface area contributed by atoms with Gasteiger partial charge in [0.1, 0.15) is 0 Å². The van der Waals surface area contributed by atoms with Gasteiger partial charge in [-0.25, -0.2) is 0 Å². The zero-order valence-electron chi connectivity index (χ0n) is 14.6. The summed E-state index contributed by atoms with van der Waals surface area (Å²) in [6, 6.07) is 6.02. The summed E-state index contributed by atoms with van der Waals surface area (Å²) in [4.78, 5) is 0. The summed E-state index contributed by atoms with van der Waals surface area (Å²) >= 11 is 0. The average Bonchev–Trinajstić information content (AvgIpc) is 3.35. The van der Waals surface area contributed by atoms with Crippen molar-refractivity contribution in [3.05, 3.63) is 30.0 Å². The molecule has 0 radical (unpaired) electrons. The molecule has 0 amide bonds. The van der Waals surface area contributed by atoms with Crippen LogP contribution in [0.2, 0.25) is 0 Å². The first-order chi connectivity index (χ1) is 12.2. The second-order valence-corrected chi connectivity index (χ2v) is 7.15. The first-order valence-electron chi connectivity index (χ1n) is 8.93. The highest BCUT2D eigenvalue weighted by Gasteiger charge is 2.41. The third kappa shape index (κ3) is 3.50. The molecule has 6 nitrogen and oxygen atoms in total. The number of aliphatic hydroxyl groups is 1. The number of rotatable bonds is 6. The van der Waals surface area contributed by atoms with E-state index in [1.54, 1.807) is 0 Å². The number of hydrogen-bond donors (Lipinski definition) is 2. The predicted octanol–water partition coefficient (Wildman–Crippen LogP) is 2.11. The lowest BCUT2D eigenvalue weighted by Gasteiger charge is -2.13. The number of nitrogens with zero attached hydrogens (tertiary/aromatic N) is 2. The van der Waals surface area contributed by atoms with Crippen molar-refractivity contribution in [2.75, 3.05) is 26.4 Å². The van der Waals surface area contributed by atoms with Crippen molar-refractivity contribution in [2.45, 2.75) is 25.8 Å². The summed E-state index contributed by atoms with van der Waals surface area (Å²) in [5.41, 5.74) is 3.24. The quantitative estimate of drug-likeness (QED) is 0.841. The predicted molar refractivity (Wildman–Crippen MR) is 94.7 cm³/mol. The van der Waals surface area contributed by atoms with Crippen LogP contribution in [0.4, 0.5) is 0 Å². The van der Waals surface area contributed by atoms with Crippen LogP contribution in [0.3, 0.4) is 0 Å². The van der Waals surface area contributed by atoms with E-state index in [9.17, 15) is 5.11 Å². The molecule has 134 valence electrons. The van der Waals surface area contributed by atoms with Crippen molar-refractivity contribution < 1.29 is 14.6 Å². The van der Waals surface area contributed by atoms with E-state index in [4.69, 9.17) is 9.47 Å². The minimum absolute atomic E-state index is 0.109. The van der Waals surface area contributed by atoms with Gasteiger partial charge in [-0.2, -0.15) is 5.10 Å². The fourth-order valence-electron chi connectivity index (χ4n) is 3.25. The molecular formula is C19H25N3O3. The molecule has 0 atom stereocenters. The third-order valence-corrected chi connectivity index (χ3v) is 5.03. The van der Waals surface area contributed by atoms with Crippen LogP contribution in [0.1, 0.15) is 24.8 Å². The van der Waals surface area contributed by atoms with Crippen LogP contribution in [0.25, 0.3) is 11.3 Å². The highest BCUT2D eigenvalue weighted by molar-refractivity contribution is 5.66. The topological polar surface area (TPSA) is 68.5 Å². The molecular weight excluding hydrogens is 318 g/mol. The van der Waals surface area contributed by atoms with Gasteiger partial charge in [-0.05, 0) is 31.0 Å². The fourth-order valence-corrected chi connectivity index (χ4v) is 3.25. The Balaban J connectivity index is 1.53. The van der Waals surface area contributed by atoms with E-state index in [-0.39, 0.29) is 12.0 Å².